The predicted molar refractivity (Wildman–Crippen MR) is 126 cm³/mol. The van der Waals surface area contributed by atoms with E-state index in [1.54, 1.807) is 29.2 Å². The van der Waals surface area contributed by atoms with Crippen molar-refractivity contribution in [2.24, 2.45) is 0 Å². The number of thioether (sulfide) groups is 1. The number of halogens is 1. The molecule has 1 atom stereocenters. The maximum Gasteiger partial charge on any atom is 0.233 e. The zero-order valence-electron chi connectivity index (χ0n) is 18.6. The van der Waals surface area contributed by atoms with E-state index in [1.165, 1.54) is 17.8 Å². The van der Waals surface area contributed by atoms with Crippen LogP contribution < -0.4 is 9.47 Å². The Labute approximate surface area is 201 Å². The van der Waals surface area contributed by atoms with Crippen molar-refractivity contribution >= 4 is 17.7 Å². The number of allylic oxidation sites excluding steroid dienone is 1. The van der Waals surface area contributed by atoms with Crippen LogP contribution in [0.5, 0.6) is 11.5 Å². The third-order valence-corrected chi connectivity index (χ3v) is 6.74. The summed E-state index contributed by atoms with van der Waals surface area (Å²) in [4.78, 5) is 14.9. The molecule has 0 bridgehead atoms. The highest BCUT2D eigenvalue weighted by Crippen LogP contribution is 2.36. The van der Waals surface area contributed by atoms with Crippen molar-refractivity contribution < 1.29 is 18.7 Å². The zero-order valence-corrected chi connectivity index (χ0v) is 19.4. The molecule has 1 aromatic heterocycles. The average molecular weight is 481 g/mol. The van der Waals surface area contributed by atoms with Crippen LogP contribution in [0.4, 0.5) is 4.39 Å². The lowest BCUT2D eigenvalue weighted by atomic mass is 10.2. The molecule has 1 aliphatic carbocycles. The monoisotopic (exact) mass is 480 g/mol. The fourth-order valence-corrected chi connectivity index (χ4v) is 4.76. The van der Waals surface area contributed by atoms with Crippen LogP contribution in [-0.2, 0) is 17.9 Å². The Bertz CT molecular complexity index is 1200. The minimum absolute atomic E-state index is 0.0448. The Kier molecular flexibility index (Phi) is 6.53. The van der Waals surface area contributed by atoms with Crippen LogP contribution in [-0.4, -0.2) is 44.0 Å². The molecular formula is C25H25FN4O3S. The largest absolute Gasteiger partial charge is 0.485 e. The molecule has 0 saturated heterocycles. The Morgan fingerprint density at radius 3 is 2.71 bits per heavy atom. The maximum atomic E-state index is 14.2. The molecule has 1 saturated carbocycles. The SMILES string of the molecule is C=CCn1c(SCC(=O)N(Cc2ccccc2F)C2CC2)nnc1C1COc2ccccc2O1. The quantitative estimate of drug-likeness (QED) is 0.334. The van der Waals surface area contributed by atoms with E-state index in [2.05, 4.69) is 16.8 Å². The molecule has 2 aromatic carbocycles. The number of carbonyl (C=O) groups excluding carboxylic acids is 1. The van der Waals surface area contributed by atoms with Gasteiger partial charge in [-0.1, -0.05) is 48.2 Å². The average Bonchev–Trinajstić information content (AvgIpc) is 3.62. The van der Waals surface area contributed by atoms with Gasteiger partial charge in [0.25, 0.3) is 0 Å². The molecule has 1 fully saturated rings. The summed E-state index contributed by atoms with van der Waals surface area (Å²) in [5.41, 5.74) is 0.527. The zero-order chi connectivity index (χ0) is 23.5. The first-order chi connectivity index (χ1) is 16.6. The topological polar surface area (TPSA) is 69.5 Å². The molecule has 1 aliphatic heterocycles. The summed E-state index contributed by atoms with van der Waals surface area (Å²) in [6, 6.07) is 14.3. The number of fused-ring (bicyclic) bond motifs is 1. The van der Waals surface area contributed by atoms with Gasteiger partial charge >= 0.3 is 0 Å². The van der Waals surface area contributed by atoms with Gasteiger partial charge in [-0.3, -0.25) is 9.36 Å². The number of hydrogen-bond acceptors (Lipinski definition) is 6. The molecule has 0 radical (unpaired) electrons. The van der Waals surface area contributed by atoms with Crippen molar-refractivity contribution in [3.8, 4) is 11.5 Å². The van der Waals surface area contributed by atoms with Gasteiger partial charge in [0.1, 0.15) is 12.4 Å². The Hall–Kier alpha value is -3.33. The van der Waals surface area contributed by atoms with Gasteiger partial charge < -0.3 is 14.4 Å². The van der Waals surface area contributed by atoms with Crippen LogP contribution in [0.25, 0.3) is 0 Å². The van der Waals surface area contributed by atoms with Gasteiger partial charge in [0.2, 0.25) is 5.91 Å². The summed E-state index contributed by atoms with van der Waals surface area (Å²) in [6.07, 6.45) is 3.23. The Morgan fingerprint density at radius 1 is 1.18 bits per heavy atom. The first-order valence-corrected chi connectivity index (χ1v) is 12.2. The highest BCUT2D eigenvalue weighted by molar-refractivity contribution is 7.99. The van der Waals surface area contributed by atoms with Gasteiger partial charge in [0.15, 0.2) is 28.6 Å². The molecular weight excluding hydrogens is 455 g/mol. The van der Waals surface area contributed by atoms with Crippen molar-refractivity contribution in [2.45, 2.75) is 43.2 Å². The number of para-hydroxylation sites is 2. The maximum absolute atomic E-state index is 14.2. The normalized spacial score (nSPS) is 16.8. The predicted octanol–water partition coefficient (Wildman–Crippen LogP) is 4.40. The second-order valence-electron chi connectivity index (χ2n) is 8.24. The van der Waals surface area contributed by atoms with Crippen LogP contribution in [0.1, 0.15) is 30.3 Å². The van der Waals surface area contributed by atoms with E-state index in [0.717, 1.165) is 12.8 Å². The number of carbonyl (C=O) groups is 1. The van der Waals surface area contributed by atoms with Gasteiger partial charge in [-0.05, 0) is 31.0 Å². The van der Waals surface area contributed by atoms with Crippen LogP contribution >= 0.6 is 11.8 Å². The van der Waals surface area contributed by atoms with Crippen molar-refractivity contribution in [1.29, 1.82) is 0 Å². The van der Waals surface area contributed by atoms with Gasteiger partial charge in [0, 0.05) is 24.7 Å². The molecule has 34 heavy (non-hydrogen) atoms. The molecule has 2 heterocycles. The summed E-state index contributed by atoms with van der Waals surface area (Å²) < 4.78 is 28.0. The Balaban J connectivity index is 1.29. The van der Waals surface area contributed by atoms with E-state index >= 15 is 0 Å². The number of ether oxygens (including phenoxy) is 2. The molecule has 9 heteroatoms. The number of aromatic nitrogens is 3. The van der Waals surface area contributed by atoms with Crippen LogP contribution in [0.15, 0.2) is 66.3 Å². The first kappa shape index (κ1) is 22.5. The molecule has 1 amide bonds. The fourth-order valence-electron chi connectivity index (χ4n) is 3.92. The third kappa shape index (κ3) is 4.79. The lowest BCUT2D eigenvalue weighted by molar-refractivity contribution is -0.129. The smallest absolute Gasteiger partial charge is 0.233 e. The standard InChI is InChI=1S/C25H25FN4O3S/c1-2-13-29-24(22-15-32-20-9-5-6-10-21(20)33-22)27-28-25(29)34-16-23(31)30(18-11-12-18)14-17-7-3-4-8-19(17)26/h2-10,18,22H,1,11-16H2. The van der Waals surface area contributed by atoms with Gasteiger partial charge in [-0.15, -0.1) is 16.8 Å². The molecule has 7 nitrogen and oxygen atoms in total. The number of hydrogen-bond donors (Lipinski definition) is 0. The highest BCUT2D eigenvalue weighted by atomic mass is 32.2. The molecule has 2 aliphatic rings. The van der Waals surface area contributed by atoms with E-state index < -0.39 is 6.10 Å². The van der Waals surface area contributed by atoms with Crippen molar-refractivity contribution in [2.75, 3.05) is 12.4 Å². The molecule has 5 rings (SSSR count). The second-order valence-corrected chi connectivity index (χ2v) is 9.18. The summed E-state index contributed by atoms with van der Waals surface area (Å²) in [5, 5.41) is 9.27. The molecule has 176 valence electrons. The van der Waals surface area contributed by atoms with Crippen LogP contribution in [0.3, 0.4) is 0 Å². The van der Waals surface area contributed by atoms with Crippen molar-refractivity contribution in [3.63, 3.8) is 0 Å². The van der Waals surface area contributed by atoms with Crippen LogP contribution in [0.2, 0.25) is 0 Å². The van der Waals surface area contributed by atoms with Gasteiger partial charge in [0.05, 0.1) is 5.75 Å². The minimum Gasteiger partial charge on any atom is -0.485 e. The summed E-state index contributed by atoms with van der Waals surface area (Å²) >= 11 is 1.31. The van der Waals surface area contributed by atoms with Crippen LogP contribution in [0, 0.1) is 5.82 Å². The number of nitrogens with zero attached hydrogens (tertiary/aromatic N) is 4. The number of amides is 1. The molecule has 0 spiro atoms. The van der Waals surface area contributed by atoms with E-state index in [4.69, 9.17) is 9.47 Å². The van der Waals surface area contributed by atoms with E-state index in [9.17, 15) is 9.18 Å². The minimum atomic E-state index is -0.420. The number of benzene rings is 2. The van der Waals surface area contributed by atoms with Gasteiger partial charge in [-0.25, -0.2) is 4.39 Å². The fraction of sp³-hybridized carbons (Fsp3) is 0.320. The Morgan fingerprint density at radius 2 is 1.94 bits per heavy atom. The molecule has 0 N–H and O–H groups in total. The third-order valence-electron chi connectivity index (χ3n) is 5.78. The lowest BCUT2D eigenvalue weighted by Crippen LogP contribution is -2.34. The van der Waals surface area contributed by atoms with E-state index in [1.807, 2.05) is 28.8 Å². The van der Waals surface area contributed by atoms with Gasteiger partial charge in [-0.2, -0.15) is 0 Å². The van der Waals surface area contributed by atoms with Crippen molar-refractivity contribution in [1.82, 2.24) is 19.7 Å². The summed E-state index contributed by atoms with van der Waals surface area (Å²) in [5.74, 6) is 1.82. The molecule has 1 unspecified atom stereocenters. The first-order valence-electron chi connectivity index (χ1n) is 11.2. The highest BCUT2D eigenvalue weighted by Gasteiger charge is 2.33. The lowest BCUT2D eigenvalue weighted by Gasteiger charge is -2.26. The van der Waals surface area contributed by atoms with E-state index in [-0.39, 0.29) is 30.1 Å². The summed E-state index contributed by atoms with van der Waals surface area (Å²) in [7, 11) is 0. The molecule has 3 aromatic rings. The second kappa shape index (κ2) is 9.89. The summed E-state index contributed by atoms with van der Waals surface area (Å²) in [6.45, 7) is 4.90. The van der Waals surface area contributed by atoms with Crippen molar-refractivity contribution in [3.05, 3.63) is 78.4 Å². The van der Waals surface area contributed by atoms with E-state index in [0.29, 0.717) is 41.2 Å². The number of rotatable bonds is 9.